The molecule has 19 heavy (non-hydrogen) atoms. The van der Waals surface area contributed by atoms with E-state index in [1.807, 2.05) is 24.3 Å². The van der Waals surface area contributed by atoms with Crippen LogP contribution in [0.25, 0.3) is 11.3 Å². The molecular weight excluding hydrogens is 248 g/mol. The number of amides is 1. The van der Waals surface area contributed by atoms with Crippen molar-refractivity contribution in [2.24, 2.45) is 0 Å². The number of methoxy groups -OCH3 is 1. The number of ether oxygens (including phenoxy) is 1. The fraction of sp³-hybridized carbons (Fsp3) is 0.231. The number of carboxylic acid groups (broad SMARTS) is 1. The predicted octanol–water partition coefficient (Wildman–Crippen LogP) is 2.89. The van der Waals surface area contributed by atoms with Gasteiger partial charge in [0.2, 0.25) is 0 Å². The SMILES string of the molecule is COCc1cccc(-c2onc(C)c2NC(=O)O)c1. The predicted molar refractivity (Wildman–Crippen MR) is 69.0 cm³/mol. The van der Waals surface area contributed by atoms with Gasteiger partial charge in [-0.25, -0.2) is 4.79 Å². The fourth-order valence-electron chi connectivity index (χ4n) is 1.79. The van der Waals surface area contributed by atoms with Gasteiger partial charge in [-0.2, -0.15) is 0 Å². The first-order valence-electron chi connectivity index (χ1n) is 5.66. The van der Waals surface area contributed by atoms with Crippen LogP contribution in [-0.2, 0) is 11.3 Å². The van der Waals surface area contributed by atoms with Crippen LogP contribution in [0.3, 0.4) is 0 Å². The minimum absolute atomic E-state index is 0.363. The fourth-order valence-corrected chi connectivity index (χ4v) is 1.79. The van der Waals surface area contributed by atoms with Crippen LogP contribution >= 0.6 is 0 Å². The Kier molecular flexibility index (Phi) is 3.82. The van der Waals surface area contributed by atoms with E-state index in [-0.39, 0.29) is 0 Å². The number of anilines is 1. The van der Waals surface area contributed by atoms with Crippen molar-refractivity contribution >= 4 is 11.8 Å². The maximum Gasteiger partial charge on any atom is 0.409 e. The third-order valence-electron chi connectivity index (χ3n) is 2.59. The first kappa shape index (κ1) is 13.1. The molecule has 6 heteroatoms. The van der Waals surface area contributed by atoms with Crippen molar-refractivity contribution in [3.63, 3.8) is 0 Å². The van der Waals surface area contributed by atoms with Gasteiger partial charge in [-0.15, -0.1) is 0 Å². The van der Waals surface area contributed by atoms with Crippen LogP contribution in [0.5, 0.6) is 0 Å². The first-order valence-corrected chi connectivity index (χ1v) is 5.66. The van der Waals surface area contributed by atoms with Crippen LogP contribution in [0.2, 0.25) is 0 Å². The average Bonchev–Trinajstić information content (AvgIpc) is 2.71. The Morgan fingerprint density at radius 3 is 3.00 bits per heavy atom. The molecule has 0 saturated heterocycles. The number of aromatic nitrogens is 1. The molecule has 0 unspecified atom stereocenters. The van der Waals surface area contributed by atoms with Crippen LogP contribution in [-0.4, -0.2) is 23.5 Å². The normalized spacial score (nSPS) is 10.4. The van der Waals surface area contributed by atoms with Crippen molar-refractivity contribution in [2.75, 3.05) is 12.4 Å². The molecule has 100 valence electrons. The molecule has 0 fully saturated rings. The second-order valence-corrected chi connectivity index (χ2v) is 4.04. The van der Waals surface area contributed by atoms with Crippen molar-refractivity contribution in [3.8, 4) is 11.3 Å². The number of carbonyl (C=O) groups is 1. The van der Waals surface area contributed by atoms with Gasteiger partial charge < -0.3 is 14.4 Å². The Labute approximate surface area is 110 Å². The molecule has 0 atom stereocenters. The molecule has 2 aromatic rings. The van der Waals surface area contributed by atoms with Gasteiger partial charge in [-0.05, 0) is 18.6 Å². The van der Waals surface area contributed by atoms with Crippen LogP contribution < -0.4 is 5.32 Å². The monoisotopic (exact) mass is 262 g/mol. The van der Waals surface area contributed by atoms with Crippen molar-refractivity contribution in [1.82, 2.24) is 5.16 Å². The van der Waals surface area contributed by atoms with E-state index in [1.54, 1.807) is 14.0 Å². The number of rotatable bonds is 4. The Hall–Kier alpha value is -2.34. The molecule has 1 heterocycles. The van der Waals surface area contributed by atoms with Gasteiger partial charge in [0.15, 0.2) is 5.76 Å². The molecule has 2 N–H and O–H groups in total. The van der Waals surface area contributed by atoms with Gasteiger partial charge in [0, 0.05) is 12.7 Å². The van der Waals surface area contributed by atoms with Crippen LogP contribution in [0.4, 0.5) is 10.5 Å². The molecule has 1 aromatic heterocycles. The van der Waals surface area contributed by atoms with E-state index in [4.69, 9.17) is 14.4 Å². The number of hydrogen-bond acceptors (Lipinski definition) is 4. The average molecular weight is 262 g/mol. The molecule has 6 nitrogen and oxygen atoms in total. The molecule has 2 rings (SSSR count). The van der Waals surface area contributed by atoms with Gasteiger partial charge in [0.25, 0.3) is 0 Å². The molecule has 0 aliphatic carbocycles. The van der Waals surface area contributed by atoms with Crippen LogP contribution in [0.1, 0.15) is 11.3 Å². The summed E-state index contributed by atoms with van der Waals surface area (Å²) in [5, 5.41) is 14.9. The number of hydrogen-bond donors (Lipinski definition) is 2. The summed E-state index contributed by atoms with van der Waals surface area (Å²) in [5.74, 6) is 0.401. The summed E-state index contributed by atoms with van der Waals surface area (Å²) >= 11 is 0. The highest BCUT2D eigenvalue weighted by atomic mass is 16.5. The number of aryl methyl sites for hydroxylation is 1. The van der Waals surface area contributed by atoms with Crippen molar-refractivity contribution in [3.05, 3.63) is 35.5 Å². The molecular formula is C13H14N2O4. The van der Waals surface area contributed by atoms with Crippen LogP contribution in [0, 0.1) is 6.92 Å². The Morgan fingerprint density at radius 1 is 1.53 bits per heavy atom. The summed E-state index contributed by atoms with van der Waals surface area (Å²) in [7, 11) is 1.61. The zero-order chi connectivity index (χ0) is 13.8. The molecule has 0 aliphatic rings. The summed E-state index contributed by atoms with van der Waals surface area (Å²) in [6.07, 6.45) is -1.15. The Morgan fingerprint density at radius 2 is 2.32 bits per heavy atom. The number of nitrogens with zero attached hydrogens (tertiary/aromatic N) is 1. The van der Waals surface area contributed by atoms with E-state index in [1.165, 1.54) is 0 Å². The Bertz CT molecular complexity index is 592. The highest BCUT2D eigenvalue weighted by Gasteiger charge is 2.17. The molecule has 0 spiro atoms. The van der Waals surface area contributed by atoms with E-state index in [0.29, 0.717) is 23.7 Å². The number of nitrogens with one attached hydrogen (secondary N) is 1. The van der Waals surface area contributed by atoms with Gasteiger partial charge >= 0.3 is 6.09 Å². The zero-order valence-corrected chi connectivity index (χ0v) is 10.6. The summed E-state index contributed by atoms with van der Waals surface area (Å²) in [5.41, 5.74) is 2.57. The second-order valence-electron chi connectivity index (χ2n) is 4.04. The van der Waals surface area contributed by atoms with E-state index < -0.39 is 6.09 Å². The third-order valence-corrected chi connectivity index (χ3v) is 2.59. The summed E-state index contributed by atoms with van der Waals surface area (Å²) in [6.45, 7) is 2.15. The largest absolute Gasteiger partial charge is 0.465 e. The molecule has 0 saturated carbocycles. The lowest BCUT2D eigenvalue weighted by Gasteiger charge is -2.04. The maximum atomic E-state index is 10.8. The Balaban J connectivity index is 2.41. The van der Waals surface area contributed by atoms with E-state index in [2.05, 4.69) is 10.5 Å². The second kappa shape index (κ2) is 5.53. The van der Waals surface area contributed by atoms with E-state index >= 15 is 0 Å². The van der Waals surface area contributed by atoms with Gasteiger partial charge in [0.05, 0.1) is 6.61 Å². The minimum Gasteiger partial charge on any atom is -0.465 e. The van der Waals surface area contributed by atoms with E-state index in [9.17, 15) is 4.79 Å². The first-order chi connectivity index (χ1) is 9.11. The van der Waals surface area contributed by atoms with Gasteiger partial charge in [0.1, 0.15) is 11.4 Å². The molecule has 0 aliphatic heterocycles. The molecule has 0 bridgehead atoms. The zero-order valence-electron chi connectivity index (χ0n) is 10.6. The van der Waals surface area contributed by atoms with Crippen molar-refractivity contribution < 1.29 is 19.2 Å². The summed E-state index contributed by atoms with van der Waals surface area (Å²) < 4.78 is 10.3. The lowest BCUT2D eigenvalue weighted by Crippen LogP contribution is -2.08. The maximum absolute atomic E-state index is 10.8. The summed E-state index contributed by atoms with van der Waals surface area (Å²) in [4.78, 5) is 10.8. The van der Waals surface area contributed by atoms with Crippen molar-refractivity contribution in [2.45, 2.75) is 13.5 Å². The molecule has 1 amide bonds. The third kappa shape index (κ3) is 2.92. The van der Waals surface area contributed by atoms with Gasteiger partial charge in [-0.1, -0.05) is 23.4 Å². The van der Waals surface area contributed by atoms with Gasteiger partial charge in [-0.3, -0.25) is 5.32 Å². The standard InChI is InChI=1S/C13H14N2O4/c1-8-11(14-13(16)17)12(19-15-8)10-5-3-4-9(6-10)7-18-2/h3-6,14H,7H2,1-2H3,(H,16,17). The highest BCUT2D eigenvalue weighted by Crippen LogP contribution is 2.31. The summed E-state index contributed by atoms with van der Waals surface area (Å²) in [6, 6.07) is 7.47. The highest BCUT2D eigenvalue weighted by molar-refractivity contribution is 5.89. The lowest BCUT2D eigenvalue weighted by atomic mass is 10.1. The molecule has 0 radical (unpaired) electrons. The van der Waals surface area contributed by atoms with Crippen LogP contribution in [0.15, 0.2) is 28.8 Å². The topological polar surface area (TPSA) is 84.6 Å². The minimum atomic E-state index is -1.15. The van der Waals surface area contributed by atoms with Crippen molar-refractivity contribution in [1.29, 1.82) is 0 Å². The molecule has 1 aromatic carbocycles. The van der Waals surface area contributed by atoms with E-state index in [0.717, 1.165) is 11.1 Å². The number of benzene rings is 1. The smallest absolute Gasteiger partial charge is 0.409 e. The quantitative estimate of drug-likeness (QED) is 0.884. The lowest BCUT2D eigenvalue weighted by molar-refractivity contribution is 0.185.